The monoisotopic (exact) mass is 607 g/mol. The summed E-state index contributed by atoms with van der Waals surface area (Å²) in [5, 5.41) is 4.87. The van der Waals surface area contributed by atoms with E-state index in [0.717, 1.165) is 24.0 Å². The largest absolute Gasteiger partial charge is 0.499 e. The molecule has 0 aliphatic carbocycles. The first kappa shape index (κ1) is 31.2. The average Bonchev–Trinajstić information content (AvgIpc) is 3.26. The molecule has 0 N–H and O–H groups in total. The first-order valence-electron chi connectivity index (χ1n) is 13.7. The fraction of sp³-hybridized carbons (Fsp3) is 0.519. The van der Waals surface area contributed by atoms with Crippen molar-refractivity contribution in [3.8, 4) is 0 Å². The standard InChI is InChI=1S/C27H36F3N7O4Si/c1-20-18-36(22-17-33-37(25(39)24(20)22)19-41-13-14-42(2,3)4)10-12-40-11-5-23(38)34-6-8-35(9-7-34)26-31-15-21(16-32-26)27(28,29)30/h5,11,15-18H,6-10,12-14,19H2,1-4H3/b11-5+. The van der Waals surface area contributed by atoms with E-state index in [4.69, 9.17) is 9.47 Å². The third-order valence-corrected chi connectivity index (χ3v) is 8.59. The van der Waals surface area contributed by atoms with Crippen LogP contribution in [0.25, 0.3) is 10.9 Å². The SMILES string of the molecule is Cc1cn(CCO/C=C/C(=O)N2CCN(c3ncc(C(F)(F)F)cn3)CC2)c2cnn(COCC[Si](C)(C)C)c(=O)c12. The summed E-state index contributed by atoms with van der Waals surface area (Å²) in [6.45, 7) is 11.7. The van der Waals surface area contributed by atoms with Gasteiger partial charge in [0.2, 0.25) is 11.9 Å². The van der Waals surface area contributed by atoms with Gasteiger partial charge in [0, 0.05) is 65.5 Å². The van der Waals surface area contributed by atoms with Crippen molar-refractivity contribution in [2.24, 2.45) is 0 Å². The number of ether oxygens (including phenoxy) is 2. The minimum absolute atomic E-state index is 0.115. The van der Waals surface area contributed by atoms with E-state index in [1.165, 1.54) is 17.0 Å². The number of halogens is 3. The molecule has 0 saturated carbocycles. The normalized spacial score (nSPS) is 14.7. The second kappa shape index (κ2) is 13.1. The number of hydrogen-bond acceptors (Lipinski definition) is 8. The van der Waals surface area contributed by atoms with Crippen molar-refractivity contribution in [3.63, 3.8) is 0 Å². The number of aromatic nitrogens is 5. The Morgan fingerprint density at radius 3 is 2.40 bits per heavy atom. The molecule has 0 bridgehead atoms. The van der Waals surface area contributed by atoms with Crippen molar-refractivity contribution in [1.82, 2.24) is 29.2 Å². The summed E-state index contributed by atoms with van der Waals surface area (Å²) in [7, 11) is -1.22. The molecule has 11 nitrogen and oxygen atoms in total. The number of alkyl halides is 3. The zero-order valence-corrected chi connectivity index (χ0v) is 25.2. The first-order chi connectivity index (χ1) is 19.8. The lowest BCUT2D eigenvalue weighted by atomic mass is 10.2. The Bertz CT molecular complexity index is 1460. The molecule has 0 radical (unpaired) electrons. The van der Waals surface area contributed by atoms with E-state index in [1.807, 2.05) is 17.7 Å². The third-order valence-electron chi connectivity index (χ3n) is 6.88. The highest BCUT2D eigenvalue weighted by Gasteiger charge is 2.32. The Hall–Kier alpha value is -3.72. The maximum Gasteiger partial charge on any atom is 0.419 e. The van der Waals surface area contributed by atoms with Gasteiger partial charge in [-0.2, -0.15) is 18.3 Å². The minimum atomic E-state index is -4.49. The number of fused-ring (bicyclic) bond motifs is 1. The molecule has 4 rings (SSSR count). The average molecular weight is 608 g/mol. The zero-order chi connectivity index (χ0) is 30.5. The molecule has 1 aliphatic rings. The van der Waals surface area contributed by atoms with Crippen LogP contribution in [0.1, 0.15) is 11.1 Å². The maximum absolute atomic E-state index is 13.0. The highest BCUT2D eigenvalue weighted by molar-refractivity contribution is 6.76. The van der Waals surface area contributed by atoms with Gasteiger partial charge < -0.3 is 23.8 Å². The van der Waals surface area contributed by atoms with Crippen molar-refractivity contribution >= 4 is 30.8 Å². The lowest BCUT2D eigenvalue weighted by molar-refractivity contribution is -0.138. The van der Waals surface area contributed by atoms with Crippen LogP contribution in [0.4, 0.5) is 19.1 Å². The molecule has 1 aliphatic heterocycles. The smallest absolute Gasteiger partial charge is 0.419 e. The molecule has 228 valence electrons. The van der Waals surface area contributed by atoms with Crippen LogP contribution >= 0.6 is 0 Å². The van der Waals surface area contributed by atoms with Crippen LogP contribution < -0.4 is 10.5 Å². The highest BCUT2D eigenvalue weighted by Crippen LogP contribution is 2.28. The zero-order valence-electron chi connectivity index (χ0n) is 24.2. The van der Waals surface area contributed by atoms with Gasteiger partial charge in [-0.25, -0.2) is 14.6 Å². The Balaban J connectivity index is 1.23. The van der Waals surface area contributed by atoms with Gasteiger partial charge >= 0.3 is 6.18 Å². The number of carbonyl (C=O) groups is 1. The summed E-state index contributed by atoms with van der Waals surface area (Å²) in [4.78, 5) is 36.5. The van der Waals surface area contributed by atoms with E-state index in [9.17, 15) is 22.8 Å². The highest BCUT2D eigenvalue weighted by atomic mass is 28.3. The molecule has 1 amide bonds. The van der Waals surface area contributed by atoms with Crippen LogP contribution in [0.5, 0.6) is 0 Å². The molecule has 42 heavy (non-hydrogen) atoms. The summed E-state index contributed by atoms with van der Waals surface area (Å²) in [5.74, 6) is -0.0382. The fourth-order valence-corrected chi connectivity index (χ4v) is 5.19. The second-order valence-corrected chi connectivity index (χ2v) is 16.9. The van der Waals surface area contributed by atoms with E-state index in [2.05, 4.69) is 34.7 Å². The van der Waals surface area contributed by atoms with Gasteiger partial charge in [-0.1, -0.05) is 19.6 Å². The molecule has 15 heteroatoms. The van der Waals surface area contributed by atoms with E-state index in [-0.39, 0.29) is 30.8 Å². The first-order valence-corrected chi connectivity index (χ1v) is 17.4. The summed E-state index contributed by atoms with van der Waals surface area (Å²) in [6.07, 6.45) is 3.24. The van der Waals surface area contributed by atoms with E-state index in [1.54, 1.807) is 16.0 Å². The molecule has 0 atom stereocenters. The number of nitrogens with zero attached hydrogens (tertiary/aromatic N) is 7. The summed E-state index contributed by atoms with van der Waals surface area (Å²) in [6, 6.07) is 1.01. The molecular formula is C27H36F3N7O4Si. The van der Waals surface area contributed by atoms with Crippen LogP contribution in [-0.4, -0.2) is 82.6 Å². The van der Waals surface area contributed by atoms with Gasteiger partial charge in [0.15, 0.2) is 0 Å². The molecular weight excluding hydrogens is 571 g/mol. The fourth-order valence-electron chi connectivity index (χ4n) is 4.43. The molecule has 4 heterocycles. The summed E-state index contributed by atoms with van der Waals surface area (Å²) in [5.41, 5.74) is 0.432. The van der Waals surface area contributed by atoms with Crippen LogP contribution in [0.2, 0.25) is 25.7 Å². The van der Waals surface area contributed by atoms with Gasteiger partial charge in [0.05, 0.1) is 35.5 Å². The predicted molar refractivity (Wildman–Crippen MR) is 154 cm³/mol. The lowest BCUT2D eigenvalue weighted by Gasteiger charge is -2.34. The number of aryl methyl sites for hydroxylation is 1. The second-order valence-electron chi connectivity index (χ2n) is 11.3. The van der Waals surface area contributed by atoms with E-state index < -0.39 is 19.8 Å². The molecule has 3 aromatic rings. The van der Waals surface area contributed by atoms with Crippen LogP contribution in [0.15, 0.2) is 41.9 Å². The van der Waals surface area contributed by atoms with Gasteiger partial charge in [-0.15, -0.1) is 0 Å². The van der Waals surface area contributed by atoms with E-state index in [0.29, 0.717) is 50.2 Å². The Labute approximate surface area is 242 Å². The Morgan fingerprint density at radius 1 is 1.07 bits per heavy atom. The van der Waals surface area contributed by atoms with Crippen molar-refractivity contribution in [1.29, 1.82) is 0 Å². The van der Waals surface area contributed by atoms with Crippen molar-refractivity contribution in [2.45, 2.75) is 52.1 Å². The van der Waals surface area contributed by atoms with Gasteiger partial charge in [-0.3, -0.25) is 9.59 Å². The lowest BCUT2D eigenvalue weighted by Crippen LogP contribution is -2.48. The van der Waals surface area contributed by atoms with Crippen molar-refractivity contribution < 1.29 is 27.4 Å². The number of amides is 1. The molecule has 0 unspecified atom stereocenters. The van der Waals surface area contributed by atoms with Gasteiger partial charge in [-0.05, 0) is 18.5 Å². The molecule has 1 fully saturated rings. The number of anilines is 1. The van der Waals surface area contributed by atoms with Gasteiger partial charge in [0.25, 0.3) is 5.56 Å². The van der Waals surface area contributed by atoms with Gasteiger partial charge in [0.1, 0.15) is 13.3 Å². The number of rotatable bonds is 11. The quantitative estimate of drug-likeness (QED) is 0.141. The minimum Gasteiger partial charge on any atom is -0.499 e. The predicted octanol–water partition coefficient (Wildman–Crippen LogP) is 3.51. The Morgan fingerprint density at radius 2 is 1.76 bits per heavy atom. The van der Waals surface area contributed by atoms with Crippen LogP contribution in [0.3, 0.4) is 0 Å². The molecule has 3 aromatic heterocycles. The molecule has 0 aromatic carbocycles. The number of carbonyl (C=O) groups excluding carboxylic acids is 1. The Kier molecular flexibility index (Phi) is 9.71. The summed E-state index contributed by atoms with van der Waals surface area (Å²) < 4.78 is 52.6. The van der Waals surface area contributed by atoms with E-state index >= 15 is 0 Å². The third kappa shape index (κ3) is 7.97. The topological polar surface area (TPSA) is 108 Å². The van der Waals surface area contributed by atoms with Crippen molar-refractivity contribution in [2.75, 3.05) is 44.3 Å². The molecule has 0 spiro atoms. The summed E-state index contributed by atoms with van der Waals surface area (Å²) >= 11 is 0. The van der Waals surface area contributed by atoms with Crippen LogP contribution in [0, 0.1) is 6.92 Å². The van der Waals surface area contributed by atoms with Crippen molar-refractivity contribution in [3.05, 3.63) is 58.6 Å². The maximum atomic E-state index is 13.0. The van der Waals surface area contributed by atoms with Crippen LogP contribution in [-0.2, 0) is 33.7 Å². The number of hydrogen-bond donors (Lipinski definition) is 0. The molecule has 1 saturated heterocycles. The number of piperazine rings is 1.